The highest BCUT2D eigenvalue weighted by atomic mass is 35.5. The molecule has 1 aliphatic rings. The number of halogens is 2. The van der Waals surface area contributed by atoms with Crippen molar-refractivity contribution in [1.82, 2.24) is 0 Å². The van der Waals surface area contributed by atoms with Crippen LogP contribution in [-0.2, 0) is 6.54 Å². The molecule has 0 spiro atoms. The first kappa shape index (κ1) is 20.9. The van der Waals surface area contributed by atoms with Crippen molar-refractivity contribution in [3.8, 4) is 11.5 Å². The van der Waals surface area contributed by atoms with Gasteiger partial charge in [-0.25, -0.2) is 0 Å². The Hall–Kier alpha value is -1.78. The van der Waals surface area contributed by atoms with Crippen LogP contribution in [0.15, 0.2) is 30.3 Å². The molecule has 1 heterocycles. The first-order chi connectivity index (χ1) is 13.5. The fourth-order valence-corrected chi connectivity index (χ4v) is 4.02. The number of methoxy groups -OCH3 is 1. The summed E-state index contributed by atoms with van der Waals surface area (Å²) in [4.78, 5) is 2.37. The standard InChI is InChI=1S/C22H28Cl2N2O2/c1-15(2)28-22-19(24)11-16(12-21(22)27-3)14-25-17-7-8-20(18(23)13-17)26-9-5-4-6-10-26/h7-8,11-13,15,25H,4-6,9-10,14H2,1-3H3. The van der Waals surface area contributed by atoms with Gasteiger partial charge in [-0.15, -0.1) is 0 Å². The van der Waals surface area contributed by atoms with Crippen molar-refractivity contribution in [2.75, 3.05) is 30.4 Å². The number of benzene rings is 2. The molecular formula is C22H28Cl2N2O2. The highest BCUT2D eigenvalue weighted by Gasteiger charge is 2.15. The predicted octanol–water partition coefficient (Wildman–Crippen LogP) is 6.39. The lowest BCUT2D eigenvalue weighted by Crippen LogP contribution is -2.29. The molecule has 0 bridgehead atoms. The number of nitrogens with zero attached hydrogens (tertiary/aromatic N) is 1. The molecule has 6 heteroatoms. The average molecular weight is 423 g/mol. The van der Waals surface area contributed by atoms with Gasteiger partial charge in [0, 0.05) is 25.3 Å². The van der Waals surface area contributed by atoms with Crippen LogP contribution in [0.5, 0.6) is 11.5 Å². The lowest BCUT2D eigenvalue weighted by atomic mass is 10.1. The number of ether oxygens (including phenoxy) is 2. The normalized spacial score (nSPS) is 14.3. The van der Waals surface area contributed by atoms with E-state index in [1.54, 1.807) is 7.11 Å². The largest absolute Gasteiger partial charge is 0.493 e. The van der Waals surface area contributed by atoms with Crippen LogP contribution in [0.2, 0.25) is 10.0 Å². The van der Waals surface area contributed by atoms with Gasteiger partial charge in [0.05, 0.1) is 28.9 Å². The SMILES string of the molecule is COc1cc(CNc2ccc(N3CCCCC3)c(Cl)c2)cc(Cl)c1OC(C)C. The summed E-state index contributed by atoms with van der Waals surface area (Å²) >= 11 is 13.0. The summed E-state index contributed by atoms with van der Waals surface area (Å²) in [6, 6.07) is 10.0. The lowest BCUT2D eigenvalue weighted by molar-refractivity contribution is 0.230. The molecule has 152 valence electrons. The Morgan fingerprint density at radius 3 is 2.43 bits per heavy atom. The van der Waals surface area contributed by atoms with Crippen LogP contribution in [0.3, 0.4) is 0 Å². The van der Waals surface area contributed by atoms with E-state index in [4.69, 9.17) is 32.7 Å². The quantitative estimate of drug-likeness (QED) is 0.559. The van der Waals surface area contributed by atoms with E-state index in [2.05, 4.69) is 22.3 Å². The molecule has 0 radical (unpaired) electrons. The number of nitrogens with one attached hydrogen (secondary N) is 1. The zero-order chi connectivity index (χ0) is 20.1. The van der Waals surface area contributed by atoms with Crippen molar-refractivity contribution in [2.24, 2.45) is 0 Å². The van der Waals surface area contributed by atoms with E-state index in [1.807, 2.05) is 32.0 Å². The van der Waals surface area contributed by atoms with Crippen LogP contribution in [0.1, 0.15) is 38.7 Å². The molecule has 2 aromatic rings. The van der Waals surface area contributed by atoms with Gasteiger partial charge in [0.2, 0.25) is 0 Å². The van der Waals surface area contributed by atoms with Crippen molar-refractivity contribution in [3.63, 3.8) is 0 Å². The molecule has 28 heavy (non-hydrogen) atoms. The van der Waals surface area contributed by atoms with Crippen LogP contribution >= 0.6 is 23.2 Å². The maximum absolute atomic E-state index is 6.55. The molecule has 0 saturated carbocycles. The maximum Gasteiger partial charge on any atom is 0.180 e. The molecule has 1 aliphatic heterocycles. The Balaban J connectivity index is 1.70. The highest BCUT2D eigenvalue weighted by molar-refractivity contribution is 6.33. The molecule has 0 aromatic heterocycles. The van der Waals surface area contributed by atoms with Crippen molar-refractivity contribution < 1.29 is 9.47 Å². The maximum atomic E-state index is 6.55. The van der Waals surface area contributed by atoms with Gasteiger partial charge >= 0.3 is 0 Å². The fraction of sp³-hybridized carbons (Fsp3) is 0.455. The van der Waals surface area contributed by atoms with E-state index in [0.717, 1.165) is 35.1 Å². The van der Waals surface area contributed by atoms with E-state index < -0.39 is 0 Å². The summed E-state index contributed by atoms with van der Waals surface area (Å²) in [7, 11) is 1.62. The van der Waals surface area contributed by atoms with Gasteiger partial charge in [-0.1, -0.05) is 23.2 Å². The lowest BCUT2D eigenvalue weighted by Gasteiger charge is -2.29. The van der Waals surface area contributed by atoms with Gasteiger partial charge in [-0.3, -0.25) is 0 Å². The number of anilines is 2. The molecule has 0 amide bonds. The van der Waals surface area contributed by atoms with Crippen LogP contribution in [0, 0.1) is 0 Å². The minimum Gasteiger partial charge on any atom is -0.493 e. The zero-order valence-corrected chi connectivity index (χ0v) is 18.2. The highest BCUT2D eigenvalue weighted by Crippen LogP contribution is 2.37. The van der Waals surface area contributed by atoms with Crippen LogP contribution in [-0.4, -0.2) is 26.3 Å². The summed E-state index contributed by atoms with van der Waals surface area (Å²) < 4.78 is 11.2. The molecule has 1 saturated heterocycles. The molecule has 0 atom stereocenters. The third-order valence-electron chi connectivity index (χ3n) is 4.78. The number of hydrogen-bond acceptors (Lipinski definition) is 4. The first-order valence-electron chi connectivity index (χ1n) is 9.79. The Bertz CT molecular complexity index is 805. The van der Waals surface area contributed by atoms with Crippen LogP contribution in [0.25, 0.3) is 0 Å². The van der Waals surface area contributed by atoms with Crippen molar-refractivity contribution in [1.29, 1.82) is 0 Å². The number of hydrogen-bond donors (Lipinski definition) is 1. The van der Waals surface area contributed by atoms with Gasteiger partial charge in [0.25, 0.3) is 0 Å². The second kappa shape index (κ2) is 9.62. The van der Waals surface area contributed by atoms with Gasteiger partial charge in [-0.2, -0.15) is 0 Å². The number of rotatable bonds is 7. The summed E-state index contributed by atoms with van der Waals surface area (Å²) in [5.74, 6) is 1.22. The van der Waals surface area contributed by atoms with Gasteiger partial charge < -0.3 is 19.7 Å². The summed E-state index contributed by atoms with van der Waals surface area (Å²) in [5, 5.41) is 4.74. The van der Waals surface area contributed by atoms with Gasteiger partial charge in [-0.05, 0) is 69.0 Å². The topological polar surface area (TPSA) is 33.7 Å². The second-order valence-corrected chi connectivity index (χ2v) is 8.16. The Kier molecular flexibility index (Phi) is 7.19. The van der Waals surface area contributed by atoms with E-state index in [9.17, 15) is 0 Å². The van der Waals surface area contributed by atoms with Crippen molar-refractivity contribution in [3.05, 3.63) is 45.9 Å². The monoisotopic (exact) mass is 422 g/mol. The van der Waals surface area contributed by atoms with Crippen LogP contribution in [0.4, 0.5) is 11.4 Å². The molecule has 3 rings (SSSR count). The van der Waals surface area contributed by atoms with E-state index >= 15 is 0 Å². The summed E-state index contributed by atoms with van der Waals surface area (Å²) in [5.41, 5.74) is 3.10. The minimum atomic E-state index is 0.0240. The Morgan fingerprint density at radius 2 is 1.79 bits per heavy atom. The van der Waals surface area contributed by atoms with Gasteiger partial charge in [0.15, 0.2) is 11.5 Å². The van der Waals surface area contributed by atoms with E-state index in [0.29, 0.717) is 23.1 Å². The fourth-order valence-electron chi connectivity index (χ4n) is 3.44. The molecule has 4 nitrogen and oxygen atoms in total. The third kappa shape index (κ3) is 5.18. The average Bonchev–Trinajstić information content (AvgIpc) is 2.68. The molecule has 1 fully saturated rings. The predicted molar refractivity (Wildman–Crippen MR) is 119 cm³/mol. The zero-order valence-electron chi connectivity index (χ0n) is 16.7. The molecule has 2 aromatic carbocycles. The van der Waals surface area contributed by atoms with E-state index in [1.165, 1.54) is 19.3 Å². The second-order valence-electron chi connectivity index (χ2n) is 7.34. The van der Waals surface area contributed by atoms with E-state index in [-0.39, 0.29) is 6.10 Å². The molecule has 0 unspecified atom stereocenters. The third-order valence-corrected chi connectivity index (χ3v) is 5.37. The molecular weight excluding hydrogens is 395 g/mol. The minimum absolute atomic E-state index is 0.0240. The number of piperidine rings is 1. The Labute approximate surface area is 177 Å². The van der Waals surface area contributed by atoms with Crippen molar-refractivity contribution >= 4 is 34.6 Å². The van der Waals surface area contributed by atoms with Crippen LogP contribution < -0.4 is 19.7 Å². The molecule has 1 N–H and O–H groups in total. The molecule has 0 aliphatic carbocycles. The smallest absolute Gasteiger partial charge is 0.180 e. The van der Waals surface area contributed by atoms with Crippen molar-refractivity contribution in [2.45, 2.75) is 45.8 Å². The Morgan fingerprint density at radius 1 is 1.04 bits per heavy atom. The first-order valence-corrected chi connectivity index (χ1v) is 10.5. The van der Waals surface area contributed by atoms with Gasteiger partial charge in [0.1, 0.15) is 0 Å². The summed E-state index contributed by atoms with van der Waals surface area (Å²) in [6.07, 6.45) is 3.79. The summed E-state index contributed by atoms with van der Waals surface area (Å²) in [6.45, 7) is 6.69.